The molecule has 3 heterocycles. The Balaban J connectivity index is 1.58. The third-order valence-electron chi connectivity index (χ3n) is 5.24. The van der Waals surface area contributed by atoms with E-state index in [1.807, 2.05) is 4.90 Å². The molecule has 2 aromatic heterocycles. The molecule has 1 aliphatic heterocycles. The van der Waals surface area contributed by atoms with Crippen LogP contribution < -0.4 is 5.32 Å². The number of hydrogen-bond donors (Lipinski definition) is 1. The van der Waals surface area contributed by atoms with Crippen molar-refractivity contribution >= 4 is 16.9 Å². The standard InChI is InChI=1S/C21H20F5N5/c22-20(23)7-10-31(11-8-20)13-17-29-18-15(5-3-9-27-18)19(30-17)28-12-14-4-1-2-6-16(14)21(24,25)26/h1-6,9H,7-8,10-13H2,(H,27,28,29,30). The lowest BCUT2D eigenvalue weighted by Crippen LogP contribution is -2.39. The fourth-order valence-corrected chi connectivity index (χ4v) is 3.58. The van der Waals surface area contributed by atoms with Gasteiger partial charge in [0.1, 0.15) is 11.6 Å². The number of likely N-dealkylation sites (tertiary alicyclic amines) is 1. The highest BCUT2D eigenvalue weighted by Crippen LogP contribution is 2.32. The minimum atomic E-state index is -4.46. The average molecular weight is 437 g/mol. The van der Waals surface area contributed by atoms with E-state index >= 15 is 0 Å². The normalized spacial score (nSPS) is 17.1. The largest absolute Gasteiger partial charge is 0.416 e. The molecule has 0 atom stereocenters. The lowest BCUT2D eigenvalue weighted by atomic mass is 10.1. The van der Waals surface area contributed by atoms with Gasteiger partial charge in [0.2, 0.25) is 0 Å². The molecular formula is C21H20F5N5. The lowest BCUT2D eigenvalue weighted by molar-refractivity contribution is -0.138. The summed E-state index contributed by atoms with van der Waals surface area (Å²) in [6.45, 7) is 0.610. The number of fused-ring (bicyclic) bond motifs is 1. The van der Waals surface area contributed by atoms with Crippen LogP contribution in [0.1, 0.15) is 29.8 Å². The van der Waals surface area contributed by atoms with Crippen molar-refractivity contribution in [2.24, 2.45) is 0 Å². The predicted molar refractivity (Wildman–Crippen MR) is 106 cm³/mol. The van der Waals surface area contributed by atoms with Crippen LogP contribution >= 0.6 is 0 Å². The second kappa shape index (κ2) is 8.33. The molecule has 31 heavy (non-hydrogen) atoms. The minimum Gasteiger partial charge on any atom is -0.365 e. The van der Waals surface area contributed by atoms with Gasteiger partial charge < -0.3 is 5.32 Å². The number of piperidine rings is 1. The van der Waals surface area contributed by atoms with E-state index in [9.17, 15) is 22.0 Å². The first kappa shape index (κ1) is 21.4. The molecule has 4 rings (SSSR count). The highest BCUT2D eigenvalue weighted by atomic mass is 19.4. The van der Waals surface area contributed by atoms with E-state index in [-0.39, 0.29) is 44.6 Å². The quantitative estimate of drug-likeness (QED) is 0.577. The SMILES string of the molecule is FC1(F)CCN(Cc2nc(NCc3ccccc3C(F)(F)F)c3cccnc3n2)CC1. The van der Waals surface area contributed by atoms with Gasteiger partial charge >= 0.3 is 6.18 Å². The van der Waals surface area contributed by atoms with E-state index in [4.69, 9.17) is 0 Å². The predicted octanol–water partition coefficient (Wildman–Crippen LogP) is 4.89. The zero-order chi connectivity index (χ0) is 22.1. The van der Waals surface area contributed by atoms with Crippen LogP contribution in [0, 0.1) is 0 Å². The Morgan fingerprint density at radius 3 is 2.48 bits per heavy atom. The van der Waals surface area contributed by atoms with Gasteiger partial charge in [-0.05, 0) is 23.8 Å². The molecule has 1 aliphatic rings. The van der Waals surface area contributed by atoms with Crippen LogP contribution in [0.15, 0.2) is 42.6 Å². The molecule has 1 saturated heterocycles. The Kier molecular flexibility index (Phi) is 5.74. The molecule has 164 valence electrons. The molecule has 5 nitrogen and oxygen atoms in total. The maximum Gasteiger partial charge on any atom is 0.416 e. The van der Waals surface area contributed by atoms with Crippen molar-refractivity contribution in [2.45, 2.75) is 38.0 Å². The molecule has 1 fully saturated rings. The maximum atomic E-state index is 13.4. The molecule has 0 unspecified atom stereocenters. The first-order valence-corrected chi connectivity index (χ1v) is 9.82. The Morgan fingerprint density at radius 1 is 1.00 bits per heavy atom. The van der Waals surface area contributed by atoms with Crippen molar-refractivity contribution in [1.29, 1.82) is 0 Å². The van der Waals surface area contributed by atoms with Gasteiger partial charge in [0, 0.05) is 38.7 Å². The van der Waals surface area contributed by atoms with E-state index < -0.39 is 17.7 Å². The smallest absolute Gasteiger partial charge is 0.365 e. The Labute approximate surface area is 175 Å². The number of nitrogens with zero attached hydrogens (tertiary/aromatic N) is 4. The number of benzene rings is 1. The van der Waals surface area contributed by atoms with Crippen LogP contribution in [0.4, 0.5) is 27.8 Å². The van der Waals surface area contributed by atoms with Gasteiger partial charge in [0.25, 0.3) is 5.92 Å². The van der Waals surface area contributed by atoms with Crippen molar-refractivity contribution in [2.75, 3.05) is 18.4 Å². The number of hydrogen-bond acceptors (Lipinski definition) is 5. The summed E-state index contributed by atoms with van der Waals surface area (Å²) in [4.78, 5) is 14.9. The molecule has 3 aromatic rings. The van der Waals surface area contributed by atoms with Gasteiger partial charge in [-0.25, -0.2) is 23.7 Å². The molecule has 0 aliphatic carbocycles. The number of anilines is 1. The van der Waals surface area contributed by atoms with Gasteiger partial charge in [0.05, 0.1) is 17.5 Å². The molecule has 1 N–H and O–H groups in total. The second-order valence-electron chi connectivity index (χ2n) is 7.50. The molecule has 10 heteroatoms. The van der Waals surface area contributed by atoms with Gasteiger partial charge in [-0.1, -0.05) is 18.2 Å². The average Bonchev–Trinajstić information content (AvgIpc) is 2.73. The number of alkyl halides is 5. The van der Waals surface area contributed by atoms with Crippen LogP contribution in [-0.2, 0) is 19.3 Å². The summed E-state index contributed by atoms with van der Waals surface area (Å²) in [7, 11) is 0. The van der Waals surface area contributed by atoms with Crippen LogP contribution in [-0.4, -0.2) is 38.9 Å². The van der Waals surface area contributed by atoms with Crippen LogP contribution in [0.3, 0.4) is 0 Å². The zero-order valence-electron chi connectivity index (χ0n) is 16.5. The topological polar surface area (TPSA) is 53.9 Å². The van der Waals surface area contributed by atoms with Gasteiger partial charge in [-0.15, -0.1) is 0 Å². The molecular weight excluding hydrogens is 417 g/mol. The molecule has 0 radical (unpaired) electrons. The third kappa shape index (κ3) is 5.07. The summed E-state index contributed by atoms with van der Waals surface area (Å²) in [5.74, 6) is -1.92. The zero-order valence-corrected chi connectivity index (χ0v) is 16.5. The monoisotopic (exact) mass is 437 g/mol. The summed E-state index contributed by atoms with van der Waals surface area (Å²) < 4.78 is 66.7. The Bertz CT molecular complexity index is 1060. The number of pyridine rings is 1. The fourth-order valence-electron chi connectivity index (χ4n) is 3.58. The third-order valence-corrected chi connectivity index (χ3v) is 5.24. The molecule has 1 aromatic carbocycles. The molecule has 0 spiro atoms. The number of aromatic nitrogens is 3. The first-order valence-electron chi connectivity index (χ1n) is 9.82. The first-order chi connectivity index (χ1) is 14.7. The summed E-state index contributed by atoms with van der Waals surface area (Å²) in [5, 5.41) is 3.55. The van der Waals surface area contributed by atoms with E-state index in [0.717, 1.165) is 6.07 Å². The van der Waals surface area contributed by atoms with Crippen molar-refractivity contribution in [1.82, 2.24) is 19.9 Å². The maximum absolute atomic E-state index is 13.4. The van der Waals surface area contributed by atoms with E-state index in [1.165, 1.54) is 12.1 Å². The lowest BCUT2D eigenvalue weighted by Gasteiger charge is -2.31. The minimum absolute atomic E-state index is 0.0884. The van der Waals surface area contributed by atoms with Crippen molar-refractivity contribution in [3.8, 4) is 0 Å². The fraction of sp³-hybridized carbons (Fsp3) is 0.381. The number of halogens is 5. The second-order valence-corrected chi connectivity index (χ2v) is 7.50. The van der Waals surface area contributed by atoms with E-state index in [0.29, 0.717) is 22.7 Å². The Hall–Kier alpha value is -2.88. The van der Waals surface area contributed by atoms with Gasteiger partial charge in [-0.2, -0.15) is 13.2 Å². The van der Waals surface area contributed by atoms with Crippen LogP contribution in [0.25, 0.3) is 11.0 Å². The van der Waals surface area contributed by atoms with E-state index in [1.54, 1.807) is 24.4 Å². The number of rotatable bonds is 5. The van der Waals surface area contributed by atoms with Crippen molar-refractivity contribution in [3.05, 3.63) is 59.5 Å². The molecule has 0 bridgehead atoms. The van der Waals surface area contributed by atoms with Crippen LogP contribution in [0.2, 0.25) is 0 Å². The van der Waals surface area contributed by atoms with Gasteiger partial charge in [-0.3, -0.25) is 4.90 Å². The van der Waals surface area contributed by atoms with Crippen LogP contribution in [0.5, 0.6) is 0 Å². The summed E-state index contributed by atoms with van der Waals surface area (Å²) in [6, 6.07) is 8.75. The number of nitrogens with one attached hydrogen (secondary N) is 1. The van der Waals surface area contributed by atoms with Crippen molar-refractivity contribution < 1.29 is 22.0 Å². The van der Waals surface area contributed by atoms with Crippen molar-refractivity contribution in [3.63, 3.8) is 0 Å². The van der Waals surface area contributed by atoms with E-state index in [2.05, 4.69) is 20.3 Å². The summed E-state index contributed by atoms with van der Waals surface area (Å²) >= 11 is 0. The summed E-state index contributed by atoms with van der Waals surface area (Å²) in [5.41, 5.74) is -0.236. The highest BCUT2D eigenvalue weighted by Gasteiger charge is 2.34. The Morgan fingerprint density at radius 2 is 1.74 bits per heavy atom. The summed E-state index contributed by atoms with van der Waals surface area (Å²) in [6.07, 6.45) is -3.35. The molecule has 0 saturated carbocycles. The molecule has 0 amide bonds. The highest BCUT2D eigenvalue weighted by molar-refractivity contribution is 5.86. The van der Waals surface area contributed by atoms with Gasteiger partial charge in [0.15, 0.2) is 5.65 Å².